The molecule has 0 aliphatic carbocycles. The lowest BCUT2D eigenvalue weighted by atomic mass is 10.2. The summed E-state index contributed by atoms with van der Waals surface area (Å²) >= 11 is 1.56. The van der Waals surface area contributed by atoms with Gasteiger partial charge < -0.3 is 0 Å². The predicted molar refractivity (Wildman–Crippen MR) is 68.3 cm³/mol. The summed E-state index contributed by atoms with van der Waals surface area (Å²) in [5.41, 5.74) is 1.06. The van der Waals surface area contributed by atoms with Crippen molar-refractivity contribution in [2.75, 3.05) is 0 Å². The SMILES string of the molecule is CC(C)n1[nH]c2c(sc3ccccc32)c1=O. The number of nitrogens with one attached hydrogen (secondary N) is 1. The van der Waals surface area contributed by atoms with E-state index in [1.54, 1.807) is 16.0 Å². The quantitative estimate of drug-likeness (QED) is 0.687. The molecule has 1 aromatic carbocycles. The maximum absolute atomic E-state index is 12.1. The Labute approximate surface area is 96.3 Å². The Kier molecular flexibility index (Phi) is 1.94. The van der Waals surface area contributed by atoms with Crippen LogP contribution in [0.3, 0.4) is 0 Å². The van der Waals surface area contributed by atoms with Gasteiger partial charge in [0.05, 0.1) is 5.52 Å². The molecule has 0 saturated heterocycles. The maximum Gasteiger partial charge on any atom is 0.284 e. The molecule has 16 heavy (non-hydrogen) atoms. The zero-order valence-corrected chi connectivity index (χ0v) is 9.97. The van der Waals surface area contributed by atoms with Gasteiger partial charge in [0.2, 0.25) is 0 Å². The van der Waals surface area contributed by atoms with Crippen molar-refractivity contribution in [3.63, 3.8) is 0 Å². The van der Waals surface area contributed by atoms with Gasteiger partial charge in [-0.2, -0.15) is 0 Å². The van der Waals surface area contributed by atoms with Crippen molar-refractivity contribution in [3.8, 4) is 0 Å². The summed E-state index contributed by atoms with van der Waals surface area (Å²) in [6.07, 6.45) is 0. The van der Waals surface area contributed by atoms with Gasteiger partial charge in [-0.15, -0.1) is 11.3 Å². The van der Waals surface area contributed by atoms with Gasteiger partial charge in [-0.1, -0.05) is 18.2 Å². The van der Waals surface area contributed by atoms with E-state index in [4.69, 9.17) is 0 Å². The topological polar surface area (TPSA) is 37.8 Å². The third-order valence-electron chi connectivity index (χ3n) is 2.76. The zero-order chi connectivity index (χ0) is 11.3. The Hall–Kier alpha value is -1.55. The number of hydrogen-bond donors (Lipinski definition) is 1. The van der Waals surface area contributed by atoms with Crippen molar-refractivity contribution in [1.82, 2.24) is 9.78 Å². The number of thiophene rings is 1. The molecule has 0 atom stereocenters. The van der Waals surface area contributed by atoms with Crippen LogP contribution in [0, 0.1) is 0 Å². The summed E-state index contributed by atoms with van der Waals surface area (Å²) in [6, 6.07) is 8.27. The molecule has 4 heteroatoms. The van der Waals surface area contributed by atoms with Crippen LogP contribution >= 0.6 is 11.3 Å². The van der Waals surface area contributed by atoms with Crippen molar-refractivity contribution in [2.45, 2.75) is 19.9 Å². The molecule has 3 rings (SSSR count). The number of benzene rings is 1. The Morgan fingerprint density at radius 2 is 2.06 bits per heavy atom. The van der Waals surface area contributed by atoms with E-state index in [0.717, 1.165) is 20.3 Å². The van der Waals surface area contributed by atoms with Gasteiger partial charge in [0.15, 0.2) is 0 Å². The second kappa shape index (κ2) is 3.22. The Morgan fingerprint density at radius 3 is 2.81 bits per heavy atom. The Morgan fingerprint density at radius 1 is 1.31 bits per heavy atom. The first kappa shape index (κ1) is 9.66. The molecule has 0 spiro atoms. The summed E-state index contributed by atoms with van der Waals surface area (Å²) < 4.78 is 3.68. The summed E-state index contributed by atoms with van der Waals surface area (Å²) in [5, 5.41) is 4.34. The van der Waals surface area contributed by atoms with Crippen molar-refractivity contribution < 1.29 is 0 Å². The molecule has 0 saturated carbocycles. The smallest absolute Gasteiger partial charge is 0.284 e. The first-order valence-electron chi connectivity index (χ1n) is 5.30. The Bertz CT molecular complexity index is 717. The standard InChI is InChI=1S/C12H12N2OS/c1-7(2)14-12(15)11-10(13-14)8-5-3-4-6-9(8)16-11/h3-7,13H,1-2H3. The maximum atomic E-state index is 12.1. The van der Waals surface area contributed by atoms with Crippen LogP contribution in [0.15, 0.2) is 29.1 Å². The fourth-order valence-electron chi connectivity index (χ4n) is 1.95. The van der Waals surface area contributed by atoms with Gasteiger partial charge in [-0.25, -0.2) is 4.68 Å². The van der Waals surface area contributed by atoms with Gasteiger partial charge in [0, 0.05) is 16.1 Å². The van der Waals surface area contributed by atoms with Gasteiger partial charge in [-0.3, -0.25) is 9.89 Å². The van der Waals surface area contributed by atoms with Crippen LogP contribution in [0.4, 0.5) is 0 Å². The van der Waals surface area contributed by atoms with Gasteiger partial charge in [0.1, 0.15) is 4.70 Å². The molecule has 0 unspecified atom stereocenters. The van der Waals surface area contributed by atoms with E-state index in [9.17, 15) is 4.79 Å². The van der Waals surface area contributed by atoms with Crippen LogP contribution < -0.4 is 5.56 Å². The van der Waals surface area contributed by atoms with Crippen LogP contribution in [0.2, 0.25) is 0 Å². The predicted octanol–water partition coefficient (Wildman–Crippen LogP) is 3.13. The second-order valence-electron chi connectivity index (χ2n) is 4.18. The van der Waals surface area contributed by atoms with E-state index in [1.165, 1.54) is 0 Å². The number of fused-ring (bicyclic) bond motifs is 3. The zero-order valence-electron chi connectivity index (χ0n) is 9.15. The fraction of sp³-hybridized carbons (Fsp3) is 0.250. The van der Waals surface area contributed by atoms with Crippen molar-refractivity contribution in [3.05, 3.63) is 34.6 Å². The number of hydrogen-bond acceptors (Lipinski definition) is 2. The van der Waals surface area contributed by atoms with Crippen LogP contribution in [-0.2, 0) is 0 Å². The monoisotopic (exact) mass is 232 g/mol. The van der Waals surface area contributed by atoms with Crippen molar-refractivity contribution >= 4 is 31.6 Å². The lowest BCUT2D eigenvalue weighted by molar-refractivity contribution is 0.522. The van der Waals surface area contributed by atoms with Crippen molar-refractivity contribution in [2.24, 2.45) is 0 Å². The molecule has 0 aliphatic rings. The third-order valence-corrected chi connectivity index (χ3v) is 3.92. The number of aromatic nitrogens is 2. The average molecular weight is 232 g/mol. The molecule has 3 nitrogen and oxygen atoms in total. The molecule has 1 N–H and O–H groups in total. The highest BCUT2D eigenvalue weighted by molar-refractivity contribution is 7.25. The molecule has 3 aromatic rings. The molecule has 0 aliphatic heterocycles. The number of nitrogens with zero attached hydrogens (tertiary/aromatic N) is 1. The van der Waals surface area contributed by atoms with E-state index >= 15 is 0 Å². The second-order valence-corrected chi connectivity index (χ2v) is 5.24. The average Bonchev–Trinajstić information content (AvgIpc) is 2.76. The summed E-state index contributed by atoms with van der Waals surface area (Å²) in [7, 11) is 0. The van der Waals surface area contributed by atoms with E-state index in [2.05, 4.69) is 11.2 Å². The van der Waals surface area contributed by atoms with Crippen LogP contribution in [0.5, 0.6) is 0 Å². The first-order valence-corrected chi connectivity index (χ1v) is 6.12. The molecule has 0 fully saturated rings. The highest BCUT2D eigenvalue weighted by Gasteiger charge is 2.13. The van der Waals surface area contributed by atoms with Crippen molar-refractivity contribution in [1.29, 1.82) is 0 Å². The minimum atomic E-state index is 0.0891. The van der Waals surface area contributed by atoms with Gasteiger partial charge in [-0.05, 0) is 19.9 Å². The van der Waals surface area contributed by atoms with E-state index in [1.807, 2.05) is 32.0 Å². The summed E-state index contributed by atoms with van der Waals surface area (Å²) in [5.74, 6) is 0. The molecular formula is C12H12N2OS. The fourth-order valence-corrected chi connectivity index (χ4v) is 3.04. The van der Waals surface area contributed by atoms with E-state index in [-0.39, 0.29) is 11.6 Å². The largest absolute Gasteiger partial charge is 0.293 e. The lowest BCUT2D eigenvalue weighted by Crippen LogP contribution is -2.18. The van der Waals surface area contributed by atoms with Crippen LogP contribution in [-0.4, -0.2) is 9.78 Å². The van der Waals surface area contributed by atoms with E-state index in [0.29, 0.717) is 0 Å². The van der Waals surface area contributed by atoms with Gasteiger partial charge >= 0.3 is 0 Å². The molecule has 0 bridgehead atoms. The normalized spacial score (nSPS) is 11.9. The van der Waals surface area contributed by atoms with E-state index < -0.39 is 0 Å². The molecule has 2 aromatic heterocycles. The highest BCUT2D eigenvalue weighted by atomic mass is 32.1. The molecular weight excluding hydrogens is 220 g/mol. The molecule has 82 valence electrons. The number of H-pyrrole nitrogens is 1. The lowest BCUT2D eigenvalue weighted by Gasteiger charge is -2.03. The summed E-state index contributed by atoms with van der Waals surface area (Å²) in [6.45, 7) is 4.01. The molecule has 0 radical (unpaired) electrons. The molecule has 2 heterocycles. The Balaban J connectivity index is 2.49. The minimum Gasteiger partial charge on any atom is -0.293 e. The molecule has 0 amide bonds. The minimum absolute atomic E-state index is 0.0891. The van der Waals surface area contributed by atoms with Gasteiger partial charge in [0.25, 0.3) is 5.56 Å². The first-order chi connectivity index (χ1) is 7.68. The third kappa shape index (κ3) is 1.16. The van der Waals surface area contributed by atoms with Crippen LogP contribution in [0.25, 0.3) is 20.3 Å². The van der Waals surface area contributed by atoms with Crippen LogP contribution in [0.1, 0.15) is 19.9 Å². The highest BCUT2D eigenvalue weighted by Crippen LogP contribution is 2.30. The number of aromatic amines is 1. The summed E-state index contributed by atoms with van der Waals surface area (Å²) in [4.78, 5) is 12.1. The number of rotatable bonds is 1.